The van der Waals surface area contributed by atoms with Gasteiger partial charge in [-0.25, -0.2) is 4.39 Å². The number of rotatable bonds is 5. The number of benzene rings is 3. The van der Waals surface area contributed by atoms with E-state index in [9.17, 15) is 9.18 Å². The van der Waals surface area contributed by atoms with Gasteiger partial charge in [-0.05, 0) is 42.5 Å². The van der Waals surface area contributed by atoms with Gasteiger partial charge in [0.15, 0.2) is 11.5 Å². The summed E-state index contributed by atoms with van der Waals surface area (Å²) in [5.74, 6) is 1.24. The third-order valence-corrected chi connectivity index (χ3v) is 5.31. The van der Waals surface area contributed by atoms with Crippen molar-refractivity contribution in [3.8, 4) is 40.0 Å². The van der Waals surface area contributed by atoms with Crippen LogP contribution in [0, 0.1) is 5.82 Å². The second-order valence-corrected chi connectivity index (χ2v) is 7.24. The Kier molecular flexibility index (Phi) is 5.10. The molecule has 0 saturated heterocycles. The Morgan fingerprint density at radius 1 is 0.909 bits per heavy atom. The summed E-state index contributed by atoms with van der Waals surface area (Å²) in [4.78, 5) is 17.7. The van der Waals surface area contributed by atoms with E-state index in [0.29, 0.717) is 44.9 Å². The zero-order valence-corrected chi connectivity index (χ0v) is 17.8. The van der Waals surface area contributed by atoms with E-state index in [1.165, 1.54) is 16.7 Å². The van der Waals surface area contributed by atoms with Crippen LogP contribution < -0.4 is 15.0 Å². The number of aromatic nitrogens is 3. The maximum Gasteiger partial charge on any atom is 0.262 e. The molecule has 0 fully saturated rings. The monoisotopic (exact) mass is 443 g/mol. The van der Waals surface area contributed by atoms with E-state index in [4.69, 9.17) is 14.0 Å². The van der Waals surface area contributed by atoms with Gasteiger partial charge in [0.05, 0.1) is 25.5 Å². The van der Waals surface area contributed by atoms with Gasteiger partial charge in [0, 0.05) is 22.5 Å². The third kappa shape index (κ3) is 3.61. The molecule has 0 bridgehead atoms. The first-order chi connectivity index (χ1) is 16.1. The van der Waals surface area contributed by atoms with Crippen molar-refractivity contribution in [3.05, 3.63) is 89.1 Å². The van der Waals surface area contributed by atoms with Crippen molar-refractivity contribution in [2.45, 2.75) is 0 Å². The average molecular weight is 443 g/mol. The van der Waals surface area contributed by atoms with Gasteiger partial charge >= 0.3 is 0 Å². The maximum atomic E-state index is 13.9. The Bertz CT molecular complexity index is 1540. The van der Waals surface area contributed by atoms with Gasteiger partial charge in [0.1, 0.15) is 5.82 Å². The lowest BCUT2D eigenvalue weighted by molar-refractivity contribution is 0.355. The summed E-state index contributed by atoms with van der Waals surface area (Å²) in [7, 11) is 3.10. The van der Waals surface area contributed by atoms with Crippen molar-refractivity contribution in [1.29, 1.82) is 0 Å². The van der Waals surface area contributed by atoms with Crippen LogP contribution in [0.4, 0.5) is 4.39 Å². The normalized spacial score (nSPS) is 11.0. The van der Waals surface area contributed by atoms with Crippen molar-refractivity contribution < 1.29 is 18.4 Å². The molecule has 0 N–H and O–H groups in total. The molecule has 0 atom stereocenters. The molecule has 7 nitrogen and oxygen atoms in total. The number of fused-ring (bicyclic) bond motifs is 1. The molecule has 2 aromatic heterocycles. The number of ether oxygens (including phenoxy) is 2. The standard InChI is InChI=1S/C25H18FN3O4/c1-31-21-11-10-15(12-22(21)32-2)23-27-24(33-28-23)20-14-29(17-7-5-6-16(26)13-17)25(30)19-9-4-3-8-18(19)20/h3-14H,1-2H3. The van der Waals surface area contributed by atoms with Crippen LogP contribution in [0.15, 0.2) is 82.2 Å². The average Bonchev–Trinajstić information content (AvgIpc) is 3.34. The van der Waals surface area contributed by atoms with Crippen LogP contribution in [0.1, 0.15) is 0 Å². The van der Waals surface area contributed by atoms with Gasteiger partial charge in [0.25, 0.3) is 11.4 Å². The fraction of sp³-hybridized carbons (Fsp3) is 0.0800. The lowest BCUT2D eigenvalue weighted by Gasteiger charge is -2.10. The predicted octanol–water partition coefficient (Wildman–Crippen LogP) is 4.86. The Morgan fingerprint density at radius 3 is 2.45 bits per heavy atom. The van der Waals surface area contributed by atoms with Gasteiger partial charge in [-0.1, -0.05) is 29.4 Å². The molecule has 0 unspecified atom stereocenters. The minimum absolute atomic E-state index is 0.223. The highest BCUT2D eigenvalue weighted by Crippen LogP contribution is 2.33. The summed E-state index contributed by atoms with van der Waals surface area (Å²) in [6, 6.07) is 18.2. The van der Waals surface area contributed by atoms with Crippen molar-refractivity contribution >= 4 is 10.8 Å². The highest BCUT2D eigenvalue weighted by Gasteiger charge is 2.18. The van der Waals surface area contributed by atoms with Gasteiger partial charge < -0.3 is 14.0 Å². The molecule has 8 heteroatoms. The van der Waals surface area contributed by atoms with Gasteiger partial charge in [0.2, 0.25) is 5.82 Å². The SMILES string of the molecule is COc1ccc(-c2noc(-c3cn(-c4cccc(F)c4)c(=O)c4ccccc34)n2)cc1OC. The topological polar surface area (TPSA) is 79.4 Å². The van der Waals surface area contributed by atoms with E-state index in [-0.39, 0.29) is 11.4 Å². The van der Waals surface area contributed by atoms with Crippen LogP contribution in [-0.2, 0) is 0 Å². The number of hydrogen-bond donors (Lipinski definition) is 0. The van der Waals surface area contributed by atoms with Crippen LogP contribution in [-0.4, -0.2) is 28.9 Å². The molecule has 0 spiro atoms. The van der Waals surface area contributed by atoms with Crippen LogP contribution in [0.25, 0.3) is 39.3 Å². The number of halogens is 1. The number of pyridine rings is 1. The molecule has 5 rings (SSSR count). The van der Waals surface area contributed by atoms with Crippen molar-refractivity contribution in [3.63, 3.8) is 0 Å². The molecule has 0 amide bonds. The quantitative estimate of drug-likeness (QED) is 0.386. The zero-order chi connectivity index (χ0) is 22.9. The Balaban J connectivity index is 1.68. The highest BCUT2D eigenvalue weighted by molar-refractivity contribution is 5.94. The molecule has 0 radical (unpaired) electrons. The number of hydrogen-bond acceptors (Lipinski definition) is 6. The highest BCUT2D eigenvalue weighted by atomic mass is 19.1. The van der Waals surface area contributed by atoms with Crippen LogP contribution in [0.5, 0.6) is 11.5 Å². The van der Waals surface area contributed by atoms with Gasteiger partial charge in [-0.3, -0.25) is 9.36 Å². The Hall–Kier alpha value is -4.46. The fourth-order valence-corrected chi connectivity index (χ4v) is 3.71. The molecule has 2 heterocycles. The summed E-state index contributed by atoms with van der Waals surface area (Å²) >= 11 is 0. The van der Waals surface area contributed by atoms with E-state index >= 15 is 0 Å². The van der Waals surface area contributed by atoms with Crippen molar-refractivity contribution in [2.75, 3.05) is 14.2 Å². The summed E-state index contributed by atoms with van der Waals surface area (Å²) in [6.07, 6.45) is 1.59. The molecule has 0 aliphatic carbocycles. The minimum atomic E-state index is -0.442. The Labute approximate surface area is 187 Å². The van der Waals surface area contributed by atoms with Crippen LogP contribution >= 0.6 is 0 Å². The van der Waals surface area contributed by atoms with E-state index in [2.05, 4.69) is 10.1 Å². The van der Waals surface area contributed by atoms with E-state index in [1.807, 2.05) is 12.1 Å². The van der Waals surface area contributed by atoms with Gasteiger partial charge in [-0.15, -0.1) is 0 Å². The largest absolute Gasteiger partial charge is 0.493 e. The summed E-state index contributed by atoms with van der Waals surface area (Å²) in [5, 5.41) is 5.21. The molecule has 3 aromatic carbocycles. The first kappa shape index (κ1) is 20.4. The van der Waals surface area contributed by atoms with Crippen molar-refractivity contribution in [1.82, 2.24) is 14.7 Å². The predicted molar refractivity (Wildman–Crippen MR) is 121 cm³/mol. The van der Waals surface area contributed by atoms with Crippen LogP contribution in [0.2, 0.25) is 0 Å². The fourth-order valence-electron chi connectivity index (χ4n) is 3.71. The van der Waals surface area contributed by atoms with E-state index < -0.39 is 5.82 Å². The molecule has 0 aliphatic rings. The first-order valence-electron chi connectivity index (χ1n) is 10.1. The van der Waals surface area contributed by atoms with Crippen molar-refractivity contribution in [2.24, 2.45) is 0 Å². The summed E-state index contributed by atoms with van der Waals surface area (Å²) in [6.45, 7) is 0. The molecular weight excluding hydrogens is 425 g/mol. The second kappa shape index (κ2) is 8.23. The minimum Gasteiger partial charge on any atom is -0.493 e. The molecule has 33 heavy (non-hydrogen) atoms. The summed E-state index contributed by atoms with van der Waals surface area (Å²) in [5.41, 5.74) is 1.34. The third-order valence-electron chi connectivity index (χ3n) is 5.31. The first-order valence-corrected chi connectivity index (χ1v) is 10.1. The van der Waals surface area contributed by atoms with E-state index in [1.54, 1.807) is 62.9 Å². The molecular formula is C25H18FN3O4. The number of methoxy groups -OCH3 is 2. The Morgan fingerprint density at radius 2 is 1.70 bits per heavy atom. The lowest BCUT2D eigenvalue weighted by Crippen LogP contribution is -2.18. The molecule has 0 saturated carbocycles. The molecule has 5 aromatic rings. The molecule has 0 aliphatic heterocycles. The smallest absolute Gasteiger partial charge is 0.262 e. The van der Waals surface area contributed by atoms with Gasteiger partial charge in [-0.2, -0.15) is 4.98 Å². The second-order valence-electron chi connectivity index (χ2n) is 7.24. The zero-order valence-electron chi connectivity index (χ0n) is 17.8. The maximum absolute atomic E-state index is 13.9. The van der Waals surface area contributed by atoms with E-state index in [0.717, 1.165) is 0 Å². The van der Waals surface area contributed by atoms with Crippen LogP contribution in [0.3, 0.4) is 0 Å². The lowest BCUT2D eigenvalue weighted by atomic mass is 10.1. The molecule has 164 valence electrons. The number of nitrogens with zero attached hydrogens (tertiary/aromatic N) is 3. The summed E-state index contributed by atoms with van der Waals surface area (Å²) < 4.78 is 31.4.